The van der Waals surface area contributed by atoms with Crippen LogP contribution in [-0.4, -0.2) is 29.7 Å². The summed E-state index contributed by atoms with van der Waals surface area (Å²) in [6.07, 6.45) is 0.437. The Bertz CT molecular complexity index is 686. The molecule has 0 bridgehead atoms. The molecule has 2 heterocycles. The Morgan fingerprint density at radius 1 is 1.35 bits per heavy atom. The van der Waals surface area contributed by atoms with Crippen molar-refractivity contribution in [1.82, 2.24) is 4.90 Å². The number of carbonyl (C=O) groups is 2. The monoisotopic (exact) mass is 271 g/mol. The molecule has 1 saturated heterocycles. The lowest BCUT2D eigenvalue weighted by Crippen LogP contribution is -2.43. The molecule has 4 heteroatoms. The van der Waals surface area contributed by atoms with Crippen molar-refractivity contribution in [3.8, 4) is 0 Å². The second-order valence-electron chi connectivity index (χ2n) is 5.52. The van der Waals surface area contributed by atoms with Gasteiger partial charge < -0.3 is 9.32 Å². The van der Waals surface area contributed by atoms with E-state index in [4.69, 9.17) is 4.42 Å². The van der Waals surface area contributed by atoms with Gasteiger partial charge in [0.05, 0.1) is 0 Å². The second-order valence-corrected chi connectivity index (χ2v) is 5.52. The Kier molecular flexibility index (Phi) is 3.08. The standard InChI is InChI=1S/C16H17NO3/c1-10-3-4-14-12(7-10)8-15(20-14)16(19)17-6-5-13(18)11(2)9-17/h3-4,7-8,11H,5-6,9H2,1-2H3. The summed E-state index contributed by atoms with van der Waals surface area (Å²) in [6, 6.07) is 7.62. The summed E-state index contributed by atoms with van der Waals surface area (Å²) in [6.45, 7) is 4.83. The van der Waals surface area contributed by atoms with E-state index in [1.165, 1.54) is 0 Å². The number of piperidine rings is 1. The molecule has 1 aliphatic rings. The number of fused-ring (bicyclic) bond motifs is 1. The maximum absolute atomic E-state index is 12.4. The maximum atomic E-state index is 12.4. The van der Waals surface area contributed by atoms with Crippen molar-refractivity contribution in [2.45, 2.75) is 20.3 Å². The van der Waals surface area contributed by atoms with Gasteiger partial charge in [0.25, 0.3) is 5.91 Å². The number of rotatable bonds is 1. The van der Waals surface area contributed by atoms with E-state index in [0.29, 0.717) is 25.3 Å². The molecule has 1 aromatic carbocycles. The predicted molar refractivity (Wildman–Crippen MR) is 75.6 cm³/mol. The Labute approximate surface area is 117 Å². The number of ketones is 1. The van der Waals surface area contributed by atoms with Crippen LogP contribution >= 0.6 is 0 Å². The topological polar surface area (TPSA) is 50.5 Å². The van der Waals surface area contributed by atoms with Crippen molar-refractivity contribution in [1.29, 1.82) is 0 Å². The average Bonchev–Trinajstić information content (AvgIpc) is 2.84. The molecule has 1 aromatic heterocycles. The van der Waals surface area contributed by atoms with Crippen LogP contribution in [-0.2, 0) is 4.79 Å². The number of nitrogens with zero attached hydrogens (tertiary/aromatic N) is 1. The average molecular weight is 271 g/mol. The van der Waals surface area contributed by atoms with Gasteiger partial charge in [-0.1, -0.05) is 18.6 Å². The fourth-order valence-corrected chi connectivity index (χ4v) is 2.62. The molecule has 0 N–H and O–H groups in total. The molecule has 0 saturated carbocycles. The molecule has 4 nitrogen and oxygen atoms in total. The summed E-state index contributed by atoms with van der Waals surface area (Å²) in [5.41, 5.74) is 1.86. The van der Waals surface area contributed by atoms with Crippen LogP contribution in [0.25, 0.3) is 11.0 Å². The third-order valence-electron chi connectivity index (χ3n) is 3.84. The molecule has 1 aliphatic heterocycles. The van der Waals surface area contributed by atoms with Crippen LogP contribution < -0.4 is 0 Å². The van der Waals surface area contributed by atoms with Crippen molar-refractivity contribution in [2.24, 2.45) is 5.92 Å². The van der Waals surface area contributed by atoms with Crippen LogP contribution in [0.4, 0.5) is 0 Å². The molecular weight excluding hydrogens is 254 g/mol. The Balaban J connectivity index is 1.87. The van der Waals surface area contributed by atoms with Crippen LogP contribution in [0.3, 0.4) is 0 Å². The number of aryl methyl sites for hydroxylation is 1. The van der Waals surface area contributed by atoms with Crippen molar-refractivity contribution in [3.05, 3.63) is 35.6 Å². The zero-order valence-corrected chi connectivity index (χ0v) is 11.7. The van der Waals surface area contributed by atoms with Crippen molar-refractivity contribution >= 4 is 22.7 Å². The zero-order valence-electron chi connectivity index (χ0n) is 11.7. The van der Waals surface area contributed by atoms with Gasteiger partial charge in [-0.2, -0.15) is 0 Å². The van der Waals surface area contributed by atoms with Crippen LogP contribution in [0.1, 0.15) is 29.5 Å². The lowest BCUT2D eigenvalue weighted by molar-refractivity contribution is -0.124. The lowest BCUT2D eigenvalue weighted by Gasteiger charge is -2.29. The van der Waals surface area contributed by atoms with E-state index >= 15 is 0 Å². The van der Waals surface area contributed by atoms with Gasteiger partial charge in [0.1, 0.15) is 11.4 Å². The van der Waals surface area contributed by atoms with Crippen molar-refractivity contribution in [3.63, 3.8) is 0 Å². The number of Topliss-reactive ketones (excluding diaryl/α,β-unsaturated/α-hetero) is 1. The van der Waals surface area contributed by atoms with E-state index in [1.54, 1.807) is 11.0 Å². The van der Waals surface area contributed by atoms with Crippen molar-refractivity contribution in [2.75, 3.05) is 13.1 Å². The van der Waals surface area contributed by atoms with Crippen LogP contribution in [0.2, 0.25) is 0 Å². The number of amides is 1. The van der Waals surface area contributed by atoms with Gasteiger partial charge in [0, 0.05) is 30.8 Å². The lowest BCUT2D eigenvalue weighted by atomic mass is 9.98. The molecule has 1 atom stereocenters. The normalized spacial score (nSPS) is 19.6. The highest BCUT2D eigenvalue weighted by molar-refractivity contribution is 5.97. The Morgan fingerprint density at radius 3 is 2.90 bits per heavy atom. The van der Waals surface area contributed by atoms with Gasteiger partial charge in [-0.15, -0.1) is 0 Å². The molecule has 1 amide bonds. The highest BCUT2D eigenvalue weighted by Crippen LogP contribution is 2.23. The summed E-state index contributed by atoms with van der Waals surface area (Å²) in [4.78, 5) is 25.6. The van der Waals surface area contributed by atoms with Gasteiger partial charge in [-0.25, -0.2) is 0 Å². The first-order valence-corrected chi connectivity index (χ1v) is 6.87. The fourth-order valence-electron chi connectivity index (χ4n) is 2.62. The van der Waals surface area contributed by atoms with E-state index < -0.39 is 0 Å². The molecule has 104 valence electrons. The molecule has 1 fully saturated rings. The zero-order chi connectivity index (χ0) is 14.3. The minimum Gasteiger partial charge on any atom is -0.451 e. The quantitative estimate of drug-likeness (QED) is 0.801. The van der Waals surface area contributed by atoms with E-state index in [0.717, 1.165) is 16.5 Å². The molecule has 20 heavy (non-hydrogen) atoms. The molecule has 2 aromatic rings. The first-order valence-electron chi connectivity index (χ1n) is 6.87. The van der Waals surface area contributed by atoms with E-state index in [-0.39, 0.29) is 17.6 Å². The maximum Gasteiger partial charge on any atom is 0.289 e. The van der Waals surface area contributed by atoms with Gasteiger partial charge in [-0.05, 0) is 25.1 Å². The molecule has 3 rings (SSSR count). The first-order chi connectivity index (χ1) is 9.54. The largest absolute Gasteiger partial charge is 0.451 e. The third-order valence-corrected chi connectivity index (χ3v) is 3.84. The summed E-state index contributed by atoms with van der Waals surface area (Å²) in [7, 11) is 0. The van der Waals surface area contributed by atoms with Gasteiger partial charge in [-0.3, -0.25) is 9.59 Å². The molecule has 0 spiro atoms. The summed E-state index contributed by atoms with van der Waals surface area (Å²) in [5, 5.41) is 0.939. The van der Waals surface area contributed by atoms with Crippen LogP contribution in [0, 0.1) is 12.8 Å². The smallest absolute Gasteiger partial charge is 0.289 e. The van der Waals surface area contributed by atoms with Gasteiger partial charge >= 0.3 is 0 Å². The summed E-state index contributed by atoms with van der Waals surface area (Å²) >= 11 is 0. The number of carbonyl (C=O) groups excluding carboxylic acids is 2. The Hall–Kier alpha value is -2.10. The number of hydrogen-bond donors (Lipinski definition) is 0. The first kappa shape index (κ1) is 12.9. The van der Waals surface area contributed by atoms with E-state index in [2.05, 4.69) is 0 Å². The molecule has 1 unspecified atom stereocenters. The van der Waals surface area contributed by atoms with E-state index in [9.17, 15) is 9.59 Å². The van der Waals surface area contributed by atoms with Gasteiger partial charge in [0.15, 0.2) is 5.76 Å². The Morgan fingerprint density at radius 2 is 2.15 bits per heavy atom. The summed E-state index contributed by atoms with van der Waals surface area (Å²) < 4.78 is 5.62. The third kappa shape index (κ3) is 2.22. The summed E-state index contributed by atoms with van der Waals surface area (Å²) in [5.74, 6) is 0.374. The number of furan rings is 1. The van der Waals surface area contributed by atoms with E-state index in [1.807, 2.05) is 32.0 Å². The minimum absolute atomic E-state index is 0.0840. The molecule has 0 aliphatic carbocycles. The number of likely N-dealkylation sites (tertiary alicyclic amines) is 1. The fraction of sp³-hybridized carbons (Fsp3) is 0.375. The number of hydrogen-bond acceptors (Lipinski definition) is 3. The highest BCUT2D eigenvalue weighted by atomic mass is 16.3. The van der Waals surface area contributed by atoms with Gasteiger partial charge in [0.2, 0.25) is 0 Å². The minimum atomic E-state index is -0.127. The van der Waals surface area contributed by atoms with Crippen LogP contribution in [0.5, 0.6) is 0 Å². The second kappa shape index (κ2) is 4.78. The number of benzene rings is 1. The molecule has 0 radical (unpaired) electrons. The highest BCUT2D eigenvalue weighted by Gasteiger charge is 2.28. The SMILES string of the molecule is Cc1ccc2oc(C(=O)N3CCC(=O)C(C)C3)cc2c1. The predicted octanol–water partition coefficient (Wildman–Crippen LogP) is 2.79. The van der Waals surface area contributed by atoms with Crippen LogP contribution in [0.15, 0.2) is 28.7 Å². The van der Waals surface area contributed by atoms with Crippen molar-refractivity contribution < 1.29 is 14.0 Å². The molecular formula is C16H17NO3.